The molecule has 7 heteroatoms. The fourth-order valence-electron chi connectivity index (χ4n) is 1.38. The highest BCUT2D eigenvalue weighted by Gasteiger charge is 2.05. The summed E-state index contributed by atoms with van der Waals surface area (Å²) < 4.78 is 42.1. The average Bonchev–Trinajstić information content (AvgIpc) is 2.39. The molecule has 2 rings (SSSR count). The Morgan fingerprint density at radius 1 is 0.952 bits per heavy atom. The molecule has 0 unspecified atom stereocenters. The number of rotatable bonds is 2. The van der Waals surface area contributed by atoms with Crippen molar-refractivity contribution in [2.45, 2.75) is 11.8 Å². The predicted octanol–water partition coefficient (Wildman–Crippen LogP) is 1.36. The molecule has 0 saturated carbocycles. The molecule has 2 aromatic rings. The first-order valence-corrected chi connectivity index (χ1v) is 8.55. The van der Waals surface area contributed by atoms with Gasteiger partial charge < -0.3 is 0 Å². The largest absolute Gasteiger partial charge is 0.238 e. The molecule has 0 saturated heterocycles. The fourth-order valence-corrected chi connectivity index (χ4v) is 2.28. The number of hydrogen-bond donors (Lipinski definition) is 1. The Hall–Kier alpha value is -1.96. The minimum atomic E-state index is -3.72. The molecule has 0 aliphatic heterocycles. The lowest BCUT2D eigenvalue weighted by molar-refractivity contribution is 0.597. The van der Waals surface area contributed by atoms with Crippen LogP contribution in [-0.2, 0) is 20.3 Å². The summed E-state index contributed by atoms with van der Waals surface area (Å²) in [4.78, 5) is -0.0497. The molecule has 0 fully saturated rings. The molecule has 0 aliphatic rings. The van der Waals surface area contributed by atoms with Gasteiger partial charge in [-0.3, -0.25) is 0 Å². The molecule has 0 atom stereocenters. The van der Waals surface area contributed by atoms with Gasteiger partial charge in [-0.25, -0.2) is 13.6 Å². The van der Waals surface area contributed by atoms with Crippen molar-refractivity contribution in [2.24, 2.45) is 5.14 Å². The molecule has 21 heavy (non-hydrogen) atoms. The van der Waals surface area contributed by atoms with E-state index in [9.17, 15) is 16.8 Å². The Kier molecular flexibility index (Phi) is 6.29. The maximum Gasteiger partial charge on any atom is 0.238 e. The van der Waals surface area contributed by atoms with Crippen LogP contribution in [0.3, 0.4) is 0 Å². The number of benzene rings is 2. The van der Waals surface area contributed by atoms with Gasteiger partial charge in [-0.15, -0.1) is 0 Å². The molecule has 112 valence electrons. The van der Waals surface area contributed by atoms with Gasteiger partial charge in [-0.05, 0) is 24.6 Å². The molecule has 0 amide bonds. The van der Waals surface area contributed by atoms with E-state index in [4.69, 9.17) is 5.14 Å². The Morgan fingerprint density at radius 2 is 1.48 bits per heavy atom. The van der Waals surface area contributed by atoms with E-state index in [-0.39, 0.29) is 4.90 Å². The quantitative estimate of drug-likeness (QED) is 0.843. The summed E-state index contributed by atoms with van der Waals surface area (Å²) in [6.07, 6.45) is 0. The molecule has 0 aromatic heterocycles. The molecule has 0 bridgehead atoms. The van der Waals surface area contributed by atoms with Crippen molar-refractivity contribution in [1.82, 2.24) is 0 Å². The van der Waals surface area contributed by atoms with Gasteiger partial charge in [0.05, 0.1) is 10.3 Å². The highest BCUT2D eigenvalue weighted by Crippen LogP contribution is 2.06. The molecule has 0 spiro atoms. The van der Waals surface area contributed by atoms with Gasteiger partial charge in [-0.2, -0.15) is 8.42 Å². The summed E-state index contributed by atoms with van der Waals surface area (Å²) in [5.41, 5.74) is 1.72. The fraction of sp³-hybridized carbons (Fsp3) is 0.0714. The zero-order chi connectivity index (χ0) is 15.9. The first kappa shape index (κ1) is 17.1. The Bertz CT molecular complexity index is 801. The van der Waals surface area contributed by atoms with Crippen LogP contribution in [0.5, 0.6) is 0 Å². The van der Waals surface area contributed by atoms with Gasteiger partial charge >= 0.3 is 0 Å². The van der Waals surface area contributed by atoms with E-state index >= 15 is 0 Å². The van der Waals surface area contributed by atoms with E-state index in [1.807, 2.05) is 18.2 Å². The lowest BCUT2D eigenvalue weighted by Gasteiger charge is -1.96. The monoisotopic (exact) mass is 325 g/mol. The van der Waals surface area contributed by atoms with Crippen LogP contribution in [0.4, 0.5) is 0 Å². The summed E-state index contributed by atoms with van der Waals surface area (Å²) in [6, 6.07) is 15.5. The van der Waals surface area contributed by atoms with Gasteiger partial charge in [0.2, 0.25) is 20.3 Å². The minimum Gasteiger partial charge on any atom is -0.225 e. The number of sulfonamides is 1. The molecule has 2 aromatic carbocycles. The van der Waals surface area contributed by atoms with Crippen molar-refractivity contribution in [1.29, 1.82) is 0 Å². The lowest BCUT2D eigenvalue weighted by atomic mass is 10.2. The second-order valence-electron chi connectivity index (χ2n) is 4.15. The van der Waals surface area contributed by atoms with E-state index < -0.39 is 20.3 Å². The Balaban J connectivity index is 0.000000262. The van der Waals surface area contributed by atoms with Crippen LogP contribution in [0.15, 0.2) is 59.5 Å². The molecule has 2 N–H and O–H groups in total. The summed E-state index contributed by atoms with van der Waals surface area (Å²) >= 11 is 0. The minimum absolute atomic E-state index is 0.0497. The van der Waals surface area contributed by atoms with Crippen LogP contribution in [0.25, 0.3) is 0 Å². The highest BCUT2D eigenvalue weighted by atomic mass is 32.2. The van der Waals surface area contributed by atoms with Crippen molar-refractivity contribution < 1.29 is 16.8 Å². The number of hydrogen-bond acceptors (Lipinski definition) is 4. The van der Waals surface area contributed by atoms with Crippen LogP contribution in [0.2, 0.25) is 0 Å². The highest BCUT2D eigenvalue weighted by molar-refractivity contribution is 7.89. The SMILES string of the molecule is Cc1ccccc1.NS(=O)(=O)c1ccc(C=S(=O)=O)cc1. The summed E-state index contributed by atoms with van der Waals surface area (Å²) in [5.74, 6) is 0. The molecule has 0 radical (unpaired) electrons. The molecular weight excluding hydrogens is 310 g/mol. The zero-order valence-electron chi connectivity index (χ0n) is 11.3. The Labute approximate surface area is 125 Å². The molecule has 5 nitrogen and oxygen atoms in total. The predicted molar refractivity (Wildman–Crippen MR) is 83.1 cm³/mol. The van der Waals surface area contributed by atoms with Crippen LogP contribution in [0.1, 0.15) is 11.1 Å². The first-order valence-electron chi connectivity index (χ1n) is 5.86. The van der Waals surface area contributed by atoms with E-state index in [2.05, 4.69) is 19.1 Å². The van der Waals surface area contributed by atoms with Crippen molar-refractivity contribution >= 4 is 25.7 Å². The van der Waals surface area contributed by atoms with Crippen molar-refractivity contribution in [2.75, 3.05) is 0 Å². The molecular formula is C14H15NO4S2. The maximum atomic E-state index is 10.8. The van der Waals surface area contributed by atoms with Gasteiger partial charge in [0.25, 0.3) is 0 Å². The van der Waals surface area contributed by atoms with Crippen molar-refractivity contribution in [3.63, 3.8) is 0 Å². The second-order valence-corrected chi connectivity index (χ2v) is 6.47. The van der Waals surface area contributed by atoms with E-state index in [1.165, 1.54) is 29.8 Å². The summed E-state index contributed by atoms with van der Waals surface area (Å²) in [6.45, 7) is 2.08. The third-order valence-electron chi connectivity index (χ3n) is 2.38. The number of nitrogens with two attached hydrogens (primary N) is 1. The zero-order valence-corrected chi connectivity index (χ0v) is 12.9. The van der Waals surface area contributed by atoms with Crippen LogP contribution in [-0.4, -0.2) is 22.2 Å². The van der Waals surface area contributed by atoms with E-state index in [1.54, 1.807) is 0 Å². The summed E-state index contributed by atoms with van der Waals surface area (Å²) in [7, 11) is -6.02. The van der Waals surface area contributed by atoms with Crippen molar-refractivity contribution in [3.8, 4) is 0 Å². The smallest absolute Gasteiger partial charge is 0.225 e. The van der Waals surface area contributed by atoms with Gasteiger partial charge in [0, 0.05) is 0 Å². The maximum absolute atomic E-state index is 10.8. The van der Waals surface area contributed by atoms with Crippen LogP contribution >= 0.6 is 0 Å². The van der Waals surface area contributed by atoms with Crippen LogP contribution < -0.4 is 5.14 Å². The van der Waals surface area contributed by atoms with Gasteiger partial charge in [-0.1, -0.05) is 48.0 Å². The molecule has 0 aliphatic carbocycles. The Morgan fingerprint density at radius 3 is 1.81 bits per heavy atom. The third-order valence-corrected chi connectivity index (χ3v) is 3.78. The first-order chi connectivity index (χ1) is 9.79. The standard InChI is InChI=1S/C7H7NO4S2.C7H8/c8-14(11,12)7-3-1-6(2-4-7)5-13(9)10;1-7-5-3-2-4-6-7/h1-5H,(H2,8,11,12);2-6H,1H3. The average molecular weight is 325 g/mol. The third kappa shape index (κ3) is 6.84. The topological polar surface area (TPSA) is 94.3 Å². The number of primary sulfonamides is 1. The lowest BCUT2D eigenvalue weighted by Crippen LogP contribution is -2.11. The normalized spacial score (nSPS) is 10.2. The van der Waals surface area contributed by atoms with Crippen molar-refractivity contribution in [3.05, 3.63) is 65.7 Å². The van der Waals surface area contributed by atoms with E-state index in [0.29, 0.717) is 5.56 Å². The number of aryl methyl sites for hydroxylation is 1. The van der Waals surface area contributed by atoms with Crippen LogP contribution in [0, 0.1) is 6.92 Å². The second kappa shape index (κ2) is 7.72. The summed E-state index contributed by atoms with van der Waals surface area (Å²) in [5, 5.41) is 5.81. The van der Waals surface area contributed by atoms with Gasteiger partial charge in [0.15, 0.2) is 0 Å². The molecule has 0 heterocycles. The van der Waals surface area contributed by atoms with Gasteiger partial charge in [0.1, 0.15) is 0 Å². The van der Waals surface area contributed by atoms with E-state index in [0.717, 1.165) is 5.37 Å².